The van der Waals surface area contributed by atoms with Crippen LogP contribution in [0, 0.1) is 6.92 Å². The standard InChI is InChI=1S/C9H11NO4/c1-6-7(9(13)14-2)3-4-10(6)5-8(11)12/h3-4H,5H2,1-2H3,(H,11,12). The third-order valence-electron chi connectivity index (χ3n) is 1.95. The Morgan fingerprint density at radius 2 is 2.21 bits per heavy atom. The molecule has 0 atom stereocenters. The number of hydrogen-bond acceptors (Lipinski definition) is 3. The van der Waals surface area contributed by atoms with E-state index in [1.807, 2.05) is 0 Å². The normalized spacial score (nSPS) is 9.86. The van der Waals surface area contributed by atoms with Crippen molar-refractivity contribution in [1.82, 2.24) is 4.57 Å². The van der Waals surface area contributed by atoms with E-state index in [1.54, 1.807) is 19.2 Å². The lowest BCUT2D eigenvalue weighted by Gasteiger charge is -2.02. The Bertz CT molecular complexity index is 367. The van der Waals surface area contributed by atoms with Crippen molar-refractivity contribution < 1.29 is 19.4 Å². The number of hydrogen-bond donors (Lipinski definition) is 1. The van der Waals surface area contributed by atoms with Crippen molar-refractivity contribution in [1.29, 1.82) is 0 Å². The van der Waals surface area contributed by atoms with Crippen LogP contribution in [-0.4, -0.2) is 28.7 Å². The number of ether oxygens (including phenoxy) is 1. The molecule has 0 saturated carbocycles. The molecule has 5 nitrogen and oxygen atoms in total. The molecule has 14 heavy (non-hydrogen) atoms. The first-order valence-electron chi connectivity index (χ1n) is 4.02. The molecule has 0 bridgehead atoms. The molecule has 0 aromatic carbocycles. The molecule has 1 aromatic rings. The molecule has 0 aliphatic carbocycles. The van der Waals surface area contributed by atoms with Crippen molar-refractivity contribution in [2.75, 3.05) is 7.11 Å². The van der Waals surface area contributed by atoms with Crippen molar-refractivity contribution in [3.63, 3.8) is 0 Å². The summed E-state index contributed by atoms with van der Waals surface area (Å²) in [5, 5.41) is 8.56. The highest BCUT2D eigenvalue weighted by Gasteiger charge is 2.13. The smallest absolute Gasteiger partial charge is 0.339 e. The van der Waals surface area contributed by atoms with E-state index in [2.05, 4.69) is 4.74 Å². The Morgan fingerprint density at radius 1 is 1.57 bits per heavy atom. The van der Waals surface area contributed by atoms with Gasteiger partial charge in [0.05, 0.1) is 12.7 Å². The van der Waals surface area contributed by atoms with Crippen LogP contribution in [-0.2, 0) is 16.1 Å². The minimum atomic E-state index is -0.944. The molecule has 76 valence electrons. The first kappa shape index (κ1) is 10.3. The van der Waals surface area contributed by atoms with Gasteiger partial charge in [-0.25, -0.2) is 4.79 Å². The van der Waals surface area contributed by atoms with Crippen LogP contribution in [0.15, 0.2) is 12.3 Å². The van der Waals surface area contributed by atoms with Gasteiger partial charge in [-0.15, -0.1) is 0 Å². The van der Waals surface area contributed by atoms with Gasteiger partial charge in [0.2, 0.25) is 0 Å². The summed E-state index contributed by atoms with van der Waals surface area (Å²) in [6.07, 6.45) is 1.55. The maximum Gasteiger partial charge on any atom is 0.339 e. The van der Waals surface area contributed by atoms with Gasteiger partial charge in [0.1, 0.15) is 6.54 Å². The molecule has 0 spiro atoms. The topological polar surface area (TPSA) is 68.5 Å². The first-order valence-corrected chi connectivity index (χ1v) is 4.02. The van der Waals surface area contributed by atoms with E-state index >= 15 is 0 Å². The van der Waals surface area contributed by atoms with Gasteiger partial charge in [-0.1, -0.05) is 0 Å². The van der Waals surface area contributed by atoms with Gasteiger partial charge in [-0.3, -0.25) is 4.79 Å². The summed E-state index contributed by atoms with van der Waals surface area (Å²) >= 11 is 0. The number of nitrogens with zero attached hydrogens (tertiary/aromatic N) is 1. The number of carboxylic acids is 1. The van der Waals surface area contributed by atoms with E-state index in [0.29, 0.717) is 11.3 Å². The Hall–Kier alpha value is -1.78. The average molecular weight is 197 g/mol. The van der Waals surface area contributed by atoms with Crippen LogP contribution in [0.4, 0.5) is 0 Å². The van der Waals surface area contributed by atoms with E-state index < -0.39 is 11.9 Å². The largest absolute Gasteiger partial charge is 0.480 e. The molecule has 1 N–H and O–H groups in total. The molecular weight excluding hydrogens is 186 g/mol. The summed E-state index contributed by atoms with van der Waals surface area (Å²) in [6.45, 7) is 1.53. The van der Waals surface area contributed by atoms with E-state index in [0.717, 1.165) is 0 Å². The molecule has 0 saturated heterocycles. The quantitative estimate of drug-likeness (QED) is 0.723. The fourth-order valence-corrected chi connectivity index (χ4v) is 1.19. The van der Waals surface area contributed by atoms with Crippen molar-refractivity contribution >= 4 is 11.9 Å². The SMILES string of the molecule is COC(=O)c1ccn(CC(=O)O)c1C. The second kappa shape index (κ2) is 3.95. The summed E-state index contributed by atoms with van der Waals surface area (Å²) in [5.74, 6) is -1.40. The number of aromatic nitrogens is 1. The maximum atomic E-state index is 11.2. The van der Waals surface area contributed by atoms with Gasteiger partial charge in [-0.2, -0.15) is 0 Å². The molecule has 0 radical (unpaired) electrons. The summed E-state index contributed by atoms with van der Waals surface area (Å²) in [7, 11) is 1.29. The Morgan fingerprint density at radius 3 is 2.71 bits per heavy atom. The number of carbonyl (C=O) groups is 2. The van der Waals surface area contributed by atoms with Crippen molar-refractivity contribution in [2.24, 2.45) is 0 Å². The average Bonchev–Trinajstić information content (AvgIpc) is 2.46. The van der Waals surface area contributed by atoms with Gasteiger partial charge in [0.25, 0.3) is 0 Å². The van der Waals surface area contributed by atoms with Gasteiger partial charge in [0, 0.05) is 11.9 Å². The lowest BCUT2D eigenvalue weighted by atomic mass is 10.2. The van der Waals surface area contributed by atoms with Crippen LogP contribution in [0.2, 0.25) is 0 Å². The molecule has 1 aromatic heterocycles. The molecule has 1 rings (SSSR count). The second-order valence-electron chi connectivity index (χ2n) is 2.83. The zero-order chi connectivity index (χ0) is 10.7. The molecule has 0 fully saturated rings. The fourth-order valence-electron chi connectivity index (χ4n) is 1.19. The van der Waals surface area contributed by atoms with Crippen molar-refractivity contribution in [2.45, 2.75) is 13.5 Å². The monoisotopic (exact) mass is 197 g/mol. The number of methoxy groups -OCH3 is 1. The van der Waals surface area contributed by atoms with Crippen LogP contribution in [0.25, 0.3) is 0 Å². The third-order valence-corrected chi connectivity index (χ3v) is 1.95. The molecule has 0 amide bonds. The minimum absolute atomic E-state index is 0.150. The molecule has 0 aliphatic heterocycles. The van der Waals surface area contributed by atoms with Crippen LogP contribution in [0.3, 0.4) is 0 Å². The van der Waals surface area contributed by atoms with E-state index in [9.17, 15) is 9.59 Å². The number of rotatable bonds is 3. The first-order chi connectivity index (χ1) is 6.56. The number of aliphatic carboxylic acids is 1. The van der Waals surface area contributed by atoms with Crippen molar-refractivity contribution in [3.8, 4) is 0 Å². The maximum absolute atomic E-state index is 11.2. The number of carboxylic acid groups (broad SMARTS) is 1. The second-order valence-corrected chi connectivity index (χ2v) is 2.83. The molecule has 0 aliphatic rings. The van der Waals surface area contributed by atoms with Crippen molar-refractivity contribution in [3.05, 3.63) is 23.5 Å². The predicted molar refractivity (Wildman–Crippen MR) is 48.1 cm³/mol. The number of carbonyl (C=O) groups excluding carboxylic acids is 1. The lowest BCUT2D eigenvalue weighted by molar-refractivity contribution is -0.137. The van der Waals surface area contributed by atoms with E-state index in [4.69, 9.17) is 5.11 Å². The van der Waals surface area contributed by atoms with Gasteiger partial charge in [0.15, 0.2) is 0 Å². The zero-order valence-electron chi connectivity index (χ0n) is 7.98. The summed E-state index contributed by atoms with van der Waals surface area (Å²) < 4.78 is 6.02. The van der Waals surface area contributed by atoms with E-state index in [-0.39, 0.29) is 6.54 Å². The summed E-state index contributed by atoms with van der Waals surface area (Å²) in [5.41, 5.74) is 0.994. The summed E-state index contributed by atoms with van der Waals surface area (Å²) in [4.78, 5) is 21.6. The Balaban J connectivity index is 2.96. The molecular formula is C9H11NO4. The highest BCUT2D eigenvalue weighted by molar-refractivity contribution is 5.90. The number of esters is 1. The molecule has 5 heteroatoms. The van der Waals surface area contributed by atoms with Crippen LogP contribution in [0.5, 0.6) is 0 Å². The van der Waals surface area contributed by atoms with E-state index in [1.165, 1.54) is 11.7 Å². The van der Waals surface area contributed by atoms with Gasteiger partial charge < -0.3 is 14.4 Å². The van der Waals surface area contributed by atoms with Crippen LogP contribution < -0.4 is 0 Å². The minimum Gasteiger partial charge on any atom is -0.480 e. The third kappa shape index (κ3) is 1.93. The highest BCUT2D eigenvalue weighted by atomic mass is 16.5. The zero-order valence-corrected chi connectivity index (χ0v) is 7.98. The van der Waals surface area contributed by atoms with Gasteiger partial charge in [-0.05, 0) is 13.0 Å². The van der Waals surface area contributed by atoms with Crippen LogP contribution in [0.1, 0.15) is 16.1 Å². The highest BCUT2D eigenvalue weighted by Crippen LogP contribution is 2.10. The summed E-state index contributed by atoms with van der Waals surface area (Å²) in [6, 6.07) is 1.55. The Kier molecular flexibility index (Phi) is 2.91. The fraction of sp³-hybridized carbons (Fsp3) is 0.333. The molecule has 1 heterocycles. The van der Waals surface area contributed by atoms with Crippen LogP contribution >= 0.6 is 0 Å². The lowest BCUT2D eigenvalue weighted by Crippen LogP contribution is -2.10. The molecule has 0 unspecified atom stereocenters. The predicted octanol–water partition coefficient (Wildman–Crippen LogP) is 0.668. The van der Waals surface area contributed by atoms with Gasteiger partial charge >= 0.3 is 11.9 Å². The Labute approximate surface area is 80.9 Å².